The van der Waals surface area contributed by atoms with Gasteiger partial charge in [-0.05, 0) is 47.8 Å². The second-order valence-corrected chi connectivity index (χ2v) is 7.67. The summed E-state index contributed by atoms with van der Waals surface area (Å²) in [6.07, 6.45) is 1.60. The van der Waals surface area contributed by atoms with Crippen LogP contribution < -0.4 is 10.2 Å². The number of nitrogens with zero attached hydrogens (tertiary/aromatic N) is 2. The van der Waals surface area contributed by atoms with Gasteiger partial charge in [-0.15, -0.1) is 11.3 Å². The van der Waals surface area contributed by atoms with Crippen molar-refractivity contribution in [3.8, 4) is 17.0 Å². The molecule has 4 rings (SSSR count). The number of hydrogen-bond acceptors (Lipinski definition) is 5. The van der Waals surface area contributed by atoms with Crippen molar-refractivity contribution in [1.29, 1.82) is 0 Å². The third-order valence-electron chi connectivity index (χ3n) is 4.23. The van der Waals surface area contributed by atoms with Gasteiger partial charge in [0.15, 0.2) is 0 Å². The minimum atomic E-state index is -0.360. The van der Waals surface area contributed by atoms with Crippen LogP contribution in [0.4, 0.5) is 0 Å². The van der Waals surface area contributed by atoms with E-state index in [1.807, 2.05) is 66.0 Å². The van der Waals surface area contributed by atoms with Crippen LogP contribution >= 0.6 is 22.9 Å². The molecule has 4 aromatic rings. The number of nitrogens with one attached hydrogen (secondary N) is 2. The second kappa shape index (κ2) is 9.39. The standard InChI is InChI=1S/C22H17ClN4O2S/c23-19-6-2-1-4-16(19)14-29-17-9-7-15(8-10-17)20-12-21(26-25-20)22(28)27-24-13-18-5-3-11-30-18/h1-13H,14H2,(H,25,26)(H,27,28)/b24-13+. The molecular formula is C22H17ClN4O2S. The van der Waals surface area contributed by atoms with Gasteiger partial charge in [0, 0.05) is 21.0 Å². The molecule has 0 radical (unpaired) electrons. The maximum absolute atomic E-state index is 12.2. The minimum Gasteiger partial charge on any atom is -0.489 e. The molecule has 2 heterocycles. The first-order chi connectivity index (χ1) is 14.7. The summed E-state index contributed by atoms with van der Waals surface area (Å²) in [7, 11) is 0. The van der Waals surface area contributed by atoms with Gasteiger partial charge in [-0.2, -0.15) is 10.2 Å². The Hall–Kier alpha value is -3.42. The van der Waals surface area contributed by atoms with Crippen LogP contribution in [0.15, 0.2) is 77.2 Å². The lowest BCUT2D eigenvalue weighted by Gasteiger charge is -2.08. The van der Waals surface area contributed by atoms with E-state index in [2.05, 4.69) is 20.7 Å². The molecule has 30 heavy (non-hydrogen) atoms. The molecule has 0 aliphatic heterocycles. The highest BCUT2D eigenvalue weighted by atomic mass is 35.5. The molecule has 2 aromatic carbocycles. The van der Waals surface area contributed by atoms with Crippen LogP contribution in [0.5, 0.6) is 5.75 Å². The number of aromatic nitrogens is 2. The third kappa shape index (κ3) is 4.94. The molecule has 0 spiro atoms. The van der Waals surface area contributed by atoms with Crippen LogP contribution in [0.2, 0.25) is 5.02 Å². The number of carbonyl (C=O) groups excluding carboxylic acids is 1. The van der Waals surface area contributed by atoms with Crippen molar-refractivity contribution in [1.82, 2.24) is 15.6 Å². The zero-order valence-corrected chi connectivity index (χ0v) is 17.3. The van der Waals surface area contributed by atoms with Crippen molar-refractivity contribution in [2.45, 2.75) is 6.61 Å². The van der Waals surface area contributed by atoms with Crippen molar-refractivity contribution < 1.29 is 9.53 Å². The van der Waals surface area contributed by atoms with E-state index < -0.39 is 0 Å². The molecule has 1 amide bonds. The van der Waals surface area contributed by atoms with Crippen LogP contribution in [-0.4, -0.2) is 22.3 Å². The molecule has 0 saturated heterocycles. The topological polar surface area (TPSA) is 79.4 Å². The van der Waals surface area contributed by atoms with Crippen molar-refractivity contribution in [3.05, 3.63) is 93.3 Å². The summed E-state index contributed by atoms with van der Waals surface area (Å²) in [6.45, 7) is 0.387. The highest BCUT2D eigenvalue weighted by molar-refractivity contribution is 7.11. The summed E-state index contributed by atoms with van der Waals surface area (Å²) < 4.78 is 5.79. The maximum Gasteiger partial charge on any atom is 0.289 e. The van der Waals surface area contributed by atoms with Crippen molar-refractivity contribution in [2.24, 2.45) is 5.10 Å². The quantitative estimate of drug-likeness (QED) is 0.311. The van der Waals surface area contributed by atoms with Crippen molar-refractivity contribution in [3.63, 3.8) is 0 Å². The van der Waals surface area contributed by atoms with E-state index >= 15 is 0 Å². The van der Waals surface area contributed by atoms with E-state index in [0.717, 1.165) is 21.8 Å². The number of benzene rings is 2. The Morgan fingerprint density at radius 3 is 2.77 bits per heavy atom. The highest BCUT2D eigenvalue weighted by Gasteiger charge is 2.10. The van der Waals surface area contributed by atoms with Crippen LogP contribution in [0, 0.1) is 0 Å². The number of H-pyrrole nitrogens is 1. The van der Waals surface area contributed by atoms with Gasteiger partial charge < -0.3 is 4.74 Å². The van der Waals surface area contributed by atoms with Gasteiger partial charge in [0.2, 0.25) is 0 Å². The van der Waals surface area contributed by atoms with Crippen LogP contribution in [-0.2, 0) is 6.61 Å². The number of halogens is 1. The number of hydrogen-bond donors (Lipinski definition) is 2. The lowest BCUT2D eigenvalue weighted by Crippen LogP contribution is -2.17. The first-order valence-electron chi connectivity index (χ1n) is 9.08. The Balaban J connectivity index is 1.36. The molecule has 0 fully saturated rings. The molecule has 8 heteroatoms. The predicted octanol–water partition coefficient (Wildman–Crippen LogP) is 5.13. The Labute approximate surface area is 182 Å². The van der Waals surface area contributed by atoms with E-state index in [-0.39, 0.29) is 5.91 Å². The van der Waals surface area contributed by atoms with Gasteiger partial charge in [0.05, 0.1) is 11.9 Å². The fourth-order valence-corrected chi connectivity index (χ4v) is 3.44. The average Bonchev–Trinajstić information content (AvgIpc) is 3.46. The number of ether oxygens (including phenoxy) is 1. The Kier molecular flexibility index (Phi) is 6.22. The Morgan fingerprint density at radius 2 is 2.00 bits per heavy atom. The normalized spacial score (nSPS) is 11.0. The summed E-state index contributed by atoms with van der Waals surface area (Å²) in [5.74, 6) is 0.358. The minimum absolute atomic E-state index is 0.326. The maximum atomic E-state index is 12.2. The van der Waals surface area contributed by atoms with E-state index in [1.165, 1.54) is 11.3 Å². The molecule has 150 valence electrons. The molecule has 0 atom stereocenters. The lowest BCUT2D eigenvalue weighted by atomic mass is 10.1. The highest BCUT2D eigenvalue weighted by Crippen LogP contribution is 2.23. The summed E-state index contributed by atoms with van der Waals surface area (Å²) in [4.78, 5) is 13.2. The van der Waals surface area contributed by atoms with E-state index in [0.29, 0.717) is 23.0 Å². The van der Waals surface area contributed by atoms with Gasteiger partial charge in [0.25, 0.3) is 5.91 Å². The fraction of sp³-hybridized carbons (Fsp3) is 0.0455. The molecule has 6 nitrogen and oxygen atoms in total. The van der Waals surface area contributed by atoms with E-state index in [1.54, 1.807) is 12.3 Å². The van der Waals surface area contributed by atoms with Gasteiger partial charge in [0.1, 0.15) is 18.1 Å². The fourth-order valence-electron chi connectivity index (χ4n) is 2.66. The Bertz CT molecular complexity index is 1150. The largest absolute Gasteiger partial charge is 0.489 e. The molecule has 0 bridgehead atoms. The molecular weight excluding hydrogens is 420 g/mol. The number of thiophene rings is 1. The molecule has 0 unspecified atom stereocenters. The summed E-state index contributed by atoms with van der Waals surface area (Å²) in [5, 5.41) is 13.5. The monoisotopic (exact) mass is 436 g/mol. The first-order valence-corrected chi connectivity index (χ1v) is 10.3. The van der Waals surface area contributed by atoms with Gasteiger partial charge >= 0.3 is 0 Å². The molecule has 0 saturated carbocycles. The predicted molar refractivity (Wildman–Crippen MR) is 119 cm³/mol. The first kappa shape index (κ1) is 19.9. The third-order valence-corrected chi connectivity index (χ3v) is 5.40. The zero-order chi connectivity index (χ0) is 20.8. The number of carbonyl (C=O) groups is 1. The molecule has 0 aliphatic rings. The van der Waals surface area contributed by atoms with Crippen molar-refractivity contribution >= 4 is 35.1 Å². The van der Waals surface area contributed by atoms with Crippen LogP contribution in [0.1, 0.15) is 20.9 Å². The number of hydrazone groups is 1. The summed E-state index contributed by atoms with van der Waals surface area (Å²) in [5.41, 5.74) is 5.24. The zero-order valence-electron chi connectivity index (χ0n) is 15.7. The number of aromatic amines is 1. The summed E-state index contributed by atoms with van der Waals surface area (Å²) in [6, 6.07) is 20.6. The van der Waals surface area contributed by atoms with Crippen LogP contribution in [0.3, 0.4) is 0 Å². The SMILES string of the molecule is O=C(N/N=C/c1cccs1)c1cc(-c2ccc(OCc3ccccc3Cl)cc2)n[nH]1. The average molecular weight is 437 g/mol. The molecule has 0 aliphatic carbocycles. The lowest BCUT2D eigenvalue weighted by molar-refractivity contribution is 0.0950. The molecule has 2 N–H and O–H groups in total. The smallest absolute Gasteiger partial charge is 0.289 e. The summed E-state index contributed by atoms with van der Waals surface area (Å²) >= 11 is 7.69. The number of rotatable bonds is 7. The van der Waals surface area contributed by atoms with Gasteiger partial charge in [-0.25, -0.2) is 5.43 Å². The molecule has 2 aromatic heterocycles. The van der Waals surface area contributed by atoms with Crippen molar-refractivity contribution in [2.75, 3.05) is 0 Å². The van der Waals surface area contributed by atoms with Crippen LogP contribution in [0.25, 0.3) is 11.3 Å². The van der Waals surface area contributed by atoms with Gasteiger partial charge in [-0.3, -0.25) is 9.89 Å². The number of amides is 1. The van der Waals surface area contributed by atoms with E-state index in [9.17, 15) is 4.79 Å². The van der Waals surface area contributed by atoms with E-state index in [4.69, 9.17) is 16.3 Å². The van der Waals surface area contributed by atoms with Gasteiger partial charge in [-0.1, -0.05) is 35.9 Å². The second-order valence-electron chi connectivity index (χ2n) is 6.29. The Morgan fingerprint density at radius 1 is 1.17 bits per heavy atom.